The van der Waals surface area contributed by atoms with Crippen LogP contribution in [0, 0.1) is 0 Å². The average Bonchev–Trinajstić information content (AvgIpc) is 2.78. The number of nitrogens with one attached hydrogen (secondary N) is 1. The number of aryl methyl sites for hydroxylation is 2. The fourth-order valence-corrected chi connectivity index (χ4v) is 1.94. The molecule has 0 saturated carbocycles. The third-order valence-corrected chi connectivity index (χ3v) is 3.04. The van der Waals surface area contributed by atoms with E-state index in [-0.39, 0.29) is 6.04 Å². The number of nitrogens with zero attached hydrogens (tertiary/aromatic N) is 2. The molecule has 4 heteroatoms. The van der Waals surface area contributed by atoms with Crippen molar-refractivity contribution in [1.29, 1.82) is 0 Å². The lowest BCUT2D eigenvalue weighted by Crippen LogP contribution is -2.30. The number of benzene rings is 1. The molecule has 0 bridgehead atoms. The van der Waals surface area contributed by atoms with E-state index < -0.39 is 0 Å². The van der Waals surface area contributed by atoms with E-state index in [9.17, 15) is 0 Å². The van der Waals surface area contributed by atoms with Gasteiger partial charge in [0.2, 0.25) is 0 Å². The molecule has 4 nitrogen and oxygen atoms in total. The van der Waals surface area contributed by atoms with Gasteiger partial charge >= 0.3 is 0 Å². The Hall–Kier alpha value is -1.65. The van der Waals surface area contributed by atoms with Gasteiger partial charge in [0.05, 0.1) is 24.3 Å². The molecule has 2 rings (SSSR count). The van der Waals surface area contributed by atoms with Gasteiger partial charge in [-0.15, -0.1) is 0 Å². The van der Waals surface area contributed by atoms with E-state index in [1.165, 1.54) is 5.56 Å². The Bertz CT molecular complexity index is 472. The topological polar surface area (TPSA) is 55.9 Å². The van der Waals surface area contributed by atoms with Gasteiger partial charge < -0.3 is 4.57 Å². The summed E-state index contributed by atoms with van der Waals surface area (Å²) in [6.45, 7) is 2.15. The van der Waals surface area contributed by atoms with Crippen molar-refractivity contribution in [3.05, 3.63) is 53.6 Å². The van der Waals surface area contributed by atoms with Crippen molar-refractivity contribution in [1.82, 2.24) is 15.0 Å². The minimum absolute atomic E-state index is 0.0200. The molecular weight excluding hydrogens is 212 g/mol. The largest absolute Gasteiger partial charge is 0.336 e. The lowest BCUT2D eigenvalue weighted by Gasteiger charge is -2.17. The van der Waals surface area contributed by atoms with Gasteiger partial charge in [0.15, 0.2) is 0 Å². The summed E-state index contributed by atoms with van der Waals surface area (Å²) in [5, 5.41) is 0. The van der Waals surface area contributed by atoms with Crippen LogP contribution in [0.4, 0.5) is 0 Å². The molecule has 0 aliphatic carbocycles. The minimum Gasteiger partial charge on any atom is -0.336 e. The van der Waals surface area contributed by atoms with Crippen molar-refractivity contribution in [2.75, 3.05) is 0 Å². The molecule has 0 aliphatic rings. The Morgan fingerprint density at radius 2 is 2.06 bits per heavy atom. The third kappa shape index (κ3) is 2.38. The van der Waals surface area contributed by atoms with Gasteiger partial charge in [-0.3, -0.25) is 5.84 Å². The summed E-state index contributed by atoms with van der Waals surface area (Å²) < 4.78 is 1.97. The van der Waals surface area contributed by atoms with Gasteiger partial charge in [-0.05, 0) is 17.5 Å². The molecule has 90 valence electrons. The summed E-state index contributed by atoms with van der Waals surface area (Å²) in [6, 6.07) is 8.46. The van der Waals surface area contributed by atoms with Gasteiger partial charge in [0.25, 0.3) is 0 Å². The highest BCUT2D eigenvalue weighted by atomic mass is 15.2. The second kappa shape index (κ2) is 5.12. The molecule has 1 aromatic heterocycles. The zero-order valence-electron chi connectivity index (χ0n) is 10.2. The van der Waals surface area contributed by atoms with Gasteiger partial charge in [-0.2, -0.15) is 0 Å². The lowest BCUT2D eigenvalue weighted by molar-refractivity contribution is 0.597. The Kier molecular flexibility index (Phi) is 3.56. The molecule has 0 amide bonds. The summed E-state index contributed by atoms with van der Waals surface area (Å²) >= 11 is 0. The second-order valence-electron chi connectivity index (χ2n) is 4.12. The van der Waals surface area contributed by atoms with E-state index in [1.54, 1.807) is 6.33 Å². The smallest absolute Gasteiger partial charge is 0.0946 e. The third-order valence-electron chi connectivity index (χ3n) is 3.04. The van der Waals surface area contributed by atoms with E-state index in [4.69, 9.17) is 5.84 Å². The normalized spacial score (nSPS) is 12.6. The molecule has 0 radical (unpaired) electrons. The van der Waals surface area contributed by atoms with Gasteiger partial charge in [-0.1, -0.05) is 31.2 Å². The van der Waals surface area contributed by atoms with Crippen LogP contribution < -0.4 is 11.3 Å². The number of hydrazine groups is 1. The van der Waals surface area contributed by atoms with Crippen molar-refractivity contribution in [2.45, 2.75) is 19.4 Å². The Morgan fingerprint density at radius 3 is 2.53 bits per heavy atom. The Labute approximate surface area is 101 Å². The summed E-state index contributed by atoms with van der Waals surface area (Å²) in [6.07, 6.45) is 4.66. The Morgan fingerprint density at radius 1 is 1.35 bits per heavy atom. The molecule has 0 saturated heterocycles. The summed E-state index contributed by atoms with van der Waals surface area (Å²) in [7, 11) is 1.97. The zero-order chi connectivity index (χ0) is 12.3. The average molecular weight is 230 g/mol. The molecular formula is C13H18N4. The highest BCUT2D eigenvalue weighted by molar-refractivity contribution is 5.30. The minimum atomic E-state index is -0.0200. The van der Waals surface area contributed by atoms with Gasteiger partial charge in [0.1, 0.15) is 0 Å². The Balaban J connectivity index is 2.32. The predicted octanol–water partition coefficient (Wildman–Crippen LogP) is 1.54. The first-order valence-electron chi connectivity index (χ1n) is 5.77. The number of nitrogens with two attached hydrogens (primary N) is 1. The van der Waals surface area contributed by atoms with Crippen molar-refractivity contribution < 1.29 is 0 Å². The van der Waals surface area contributed by atoms with Crippen LogP contribution >= 0.6 is 0 Å². The van der Waals surface area contributed by atoms with E-state index in [1.807, 2.05) is 17.8 Å². The van der Waals surface area contributed by atoms with Crippen LogP contribution in [0.15, 0.2) is 36.8 Å². The quantitative estimate of drug-likeness (QED) is 0.618. The van der Waals surface area contributed by atoms with Crippen LogP contribution in [0.3, 0.4) is 0 Å². The number of rotatable bonds is 4. The SMILES string of the molecule is CCc1ccc(C(NN)c2cncn2C)cc1. The number of hydrogen-bond donors (Lipinski definition) is 2. The van der Waals surface area contributed by atoms with E-state index >= 15 is 0 Å². The second-order valence-corrected chi connectivity index (χ2v) is 4.12. The molecule has 0 spiro atoms. The molecule has 1 unspecified atom stereocenters. The maximum atomic E-state index is 5.64. The zero-order valence-corrected chi connectivity index (χ0v) is 10.2. The first-order chi connectivity index (χ1) is 8.26. The molecule has 1 aromatic carbocycles. The highest BCUT2D eigenvalue weighted by Gasteiger charge is 2.15. The van der Waals surface area contributed by atoms with Crippen LogP contribution in [0.1, 0.15) is 29.8 Å². The summed E-state index contributed by atoms with van der Waals surface area (Å²) in [5.74, 6) is 5.64. The van der Waals surface area contributed by atoms with Crippen molar-refractivity contribution in [3.8, 4) is 0 Å². The maximum Gasteiger partial charge on any atom is 0.0946 e. The van der Waals surface area contributed by atoms with Crippen LogP contribution in [0.5, 0.6) is 0 Å². The van der Waals surface area contributed by atoms with Gasteiger partial charge in [-0.25, -0.2) is 10.4 Å². The lowest BCUT2D eigenvalue weighted by atomic mass is 10.0. The standard InChI is InChI=1S/C13H18N4/c1-3-10-4-6-11(7-5-10)13(16-14)12-8-15-9-17(12)2/h4-9,13,16H,3,14H2,1-2H3. The van der Waals surface area contributed by atoms with E-state index in [2.05, 4.69) is 41.6 Å². The van der Waals surface area contributed by atoms with Crippen molar-refractivity contribution in [3.63, 3.8) is 0 Å². The van der Waals surface area contributed by atoms with Crippen LogP contribution in [-0.4, -0.2) is 9.55 Å². The number of aromatic nitrogens is 2. The first kappa shape index (κ1) is 11.8. The van der Waals surface area contributed by atoms with Crippen LogP contribution in [0.25, 0.3) is 0 Å². The molecule has 0 aliphatic heterocycles. The molecule has 17 heavy (non-hydrogen) atoms. The highest BCUT2D eigenvalue weighted by Crippen LogP contribution is 2.20. The van der Waals surface area contributed by atoms with Crippen LogP contribution in [-0.2, 0) is 13.5 Å². The molecule has 0 fully saturated rings. The number of imidazole rings is 1. The van der Waals surface area contributed by atoms with Crippen molar-refractivity contribution in [2.24, 2.45) is 12.9 Å². The van der Waals surface area contributed by atoms with E-state index in [0.717, 1.165) is 17.7 Å². The van der Waals surface area contributed by atoms with Crippen LogP contribution in [0.2, 0.25) is 0 Å². The van der Waals surface area contributed by atoms with Gasteiger partial charge in [0, 0.05) is 7.05 Å². The predicted molar refractivity (Wildman–Crippen MR) is 68.2 cm³/mol. The maximum absolute atomic E-state index is 5.64. The van der Waals surface area contributed by atoms with Crippen molar-refractivity contribution >= 4 is 0 Å². The molecule has 1 heterocycles. The molecule has 3 N–H and O–H groups in total. The fourth-order valence-electron chi connectivity index (χ4n) is 1.94. The first-order valence-corrected chi connectivity index (χ1v) is 5.77. The monoisotopic (exact) mass is 230 g/mol. The molecule has 2 aromatic rings. The number of hydrogen-bond acceptors (Lipinski definition) is 3. The van der Waals surface area contributed by atoms with E-state index in [0.29, 0.717) is 0 Å². The summed E-state index contributed by atoms with van der Waals surface area (Å²) in [4.78, 5) is 4.12. The summed E-state index contributed by atoms with van der Waals surface area (Å²) in [5.41, 5.74) is 6.37. The molecule has 1 atom stereocenters. The fraction of sp³-hybridized carbons (Fsp3) is 0.308.